The first-order valence-electron chi connectivity index (χ1n) is 11.3. The molecule has 2 rings (SSSR count). The molecular weight excluding hydrogens is 436 g/mol. The van der Waals surface area contributed by atoms with Gasteiger partial charge in [-0.25, -0.2) is 8.78 Å². The van der Waals surface area contributed by atoms with Crippen molar-refractivity contribution in [1.82, 2.24) is 9.21 Å². The number of unbranched alkanes of at least 4 members (excludes halogenated alkanes) is 3. The largest absolute Gasteiger partial charge is 0.378 e. The van der Waals surface area contributed by atoms with Gasteiger partial charge in [0.05, 0.1) is 11.8 Å². The zero-order chi connectivity index (χ0) is 23.6. The predicted octanol–water partition coefficient (Wildman–Crippen LogP) is 4.56. The fourth-order valence-corrected chi connectivity index (χ4v) is 5.14. The van der Waals surface area contributed by atoms with Gasteiger partial charge in [-0.2, -0.15) is 12.7 Å². The molecule has 9 heteroatoms. The fraction of sp³-hybridized carbons (Fsp3) is 0.652. The average molecular weight is 474 g/mol. The first-order valence-corrected chi connectivity index (χ1v) is 12.8. The third kappa shape index (κ3) is 8.77. The van der Waals surface area contributed by atoms with Crippen LogP contribution in [-0.4, -0.2) is 63.6 Å². The molecule has 0 aliphatic heterocycles. The number of anilines is 1. The van der Waals surface area contributed by atoms with Crippen LogP contribution in [0.2, 0.25) is 0 Å². The molecule has 0 atom stereocenters. The first kappa shape index (κ1) is 26.7. The van der Waals surface area contributed by atoms with Crippen LogP contribution in [0.4, 0.5) is 14.5 Å². The van der Waals surface area contributed by atoms with Crippen molar-refractivity contribution in [3.05, 3.63) is 42.5 Å². The normalized spacial score (nSPS) is 19.4. The van der Waals surface area contributed by atoms with E-state index in [0.29, 0.717) is 12.8 Å². The maximum Gasteiger partial charge on any atom is 0.301 e. The van der Waals surface area contributed by atoms with Gasteiger partial charge in [-0.15, -0.1) is 6.58 Å². The van der Waals surface area contributed by atoms with Crippen molar-refractivity contribution in [2.45, 2.75) is 63.5 Å². The second-order valence-electron chi connectivity index (χ2n) is 8.51. The second-order valence-corrected chi connectivity index (χ2v) is 10.2. The molecule has 1 aliphatic rings. The summed E-state index contributed by atoms with van der Waals surface area (Å²) in [5, 5.41) is 0. The Bertz CT molecular complexity index is 815. The van der Waals surface area contributed by atoms with Crippen molar-refractivity contribution < 1.29 is 21.9 Å². The quantitative estimate of drug-likeness (QED) is 0.318. The third-order valence-corrected chi connectivity index (χ3v) is 7.47. The molecule has 1 aliphatic carbocycles. The summed E-state index contributed by atoms with van der Waals surface area (Å²) < 4.78 is 61.7. The van der Waals surface area contributed by atoms with E-state index < -0.39 is 21.8 Å². The Labute approximate surface area is 191 Å². The van der Waals surface area contributed by atoms with E-state index in [0.717, 1.165) is 63.6 Å². The Kier molecular flexibility index (Phi) is 11.0. The minimum Gasteiger partial charge on any atom is -0.378 e. The molecule has 1 N–H and O–H groups in total. The van der Waals surface area contributed by atoms with Gasteiger partial charge in [0.15, 0.2) is 0 Å². The van der Waals surface area contributed by atoms with Gasteiger partial charge in [-0.1, -0.05) is 18.9 Å². The number of ether oxygens (including phenoxy) is 1. The molecular formula is C23H37F2N3O3S. The van der Waals surface area contributed by atoms with E-state index in [2.05, 4.69) is 23.2 Å². The van der Waals surface area contributed by atoms with Gasteiger partial charge in [0, 0.05) is 32.3 Å². The van der Waals surface area contributed by atoms with Gasteiger partial charge in [-0.3, -0.25) is 4.72 Å². The van der Waals surface area contributed by atoms with Crippen LogP contribution in [0.5, 0.6) is 0 Å². The number of halogens is 2. The molecule has 0 saturated heterocycles. The van der Waals surface area contributed by atoms with E-state index in [9.17, 15) is 17.2 Å². The van der Waals surface area contributed by atoms with E-state index in [1.54, 1.807) is 0 Å². The number of nitrogens with zero attached hydrogens (tertiary/aromatic N) is 2. The van der Waals surface area contributed by atoms with Crippen LogP contribution < -0.4 is 4.72 Å². The number of hydrogen-bond donors (Lipinski definition) is 1. The Hall–Kier alpha value is -1.55. The summed E-state index contributed by atoms with van der Waals surface area (Å²) in [7, 11) is -0.416. The molecule has 0 bridgehead atoms. The summed E-state index contributed by atoms with van der Waals surface area (Å²) >= 11 is 0. The standard InChI is InChI=1S/C23H37F2N3O3S/c1-4-15-27(2)16-7-5-6-8-17-31-21-12-10-20(11-13-21)28(3)32(29,30)26-23-18-19(24)9-14-22(23)25/h4,9,14,18,20-21,26H,1,5-8,10-13,15-17H2,2-3H3. The van der Waals surface area contributed by atoms with Crippen LogP contribution in [-0.2, 0) is 14.9 Å². The van der Waals surface area contributed by atoms with Crippen LogP contribution in [0.3, 0.4) is 0 Å². The molecule has 0 heterocycles. The maximum atomic E-state index is 13.8. The van der Waals surface area contributed by atoms with Gasteiger partial charge in [0.25, 0.3) is 0 Å². The monoisotopic (exact) mass is 473 g/mol. The number of likely N-dealkylation sites (N-methyl/N-ethyl adjacent to an activating group) is 1. The van der Waals surface area contributed by atoms with E-state index in [-0.39, 0.29) is 17.8 Å². The summed E-state index contributed by atoms with van der Waals surface area (Å²) in [4.78, 5) is 2.25. The van der Waals surface area contributed by atoms with Crippen LogP contribution in [0, 0.1) is 11.6 Å². The Morgan fingerprint density at radius 2 is 1.81 bits per heavy atom. The molecule has 1 aromatic carbocycles. The Morgan fingerprint density at radius 1 is 1.12 bits per heavy atom. The van der Waals surface area contributed by atoms with Crippen molar-refractivity contribution in [2.75, 3.05) is 38.5 Å². The third-order valence-electron chi connectivity index (χ3n) is 5.93. The highest BCUT2D eigenvalue weighted by molar-refractivity contribution is 7.90. The zero-order valence-corrected chi connectivity index (χ0v) is 20.0. The minimum atomic E-state index is -3.98. The number of hydrogen-bond acceptors (Lipinski definition) is 4. The number of rotatable bonds is 14. The van der Waals surface area contributed by atoms with Gasteiger partial charge in [0.2, 0.25) is 0 Å². The Morgan fingerprint density at radius 3 is 2.50 bits per heavy atom. The fourth-order valence-electron chi connectivity index (χ4n) is 3.96. The molecule has 1 fully saturated rings. The molecule has 0 amide bonds. The molecule has 0 radical (unpaired) electrons. The average Bonchev–Trinajstić information content (AvgIpc) is 2.75. The SMILES string of the molecule is C=CCN(C)CCCCCCOC1CCC(N(C)S(=O)(=O)Nc2cc(F)ccc2F)CC1. The summed E-state index contributed by atoms with van der Waals surface area (Å²) in [6.07, 6.45) is 9.49. The molecule has 1 aromatic rings. The highest BCUT2D eigenvalue weighted by Crippen LogP contribution is 2.27. The topological polar surface area (TPSA) is 61.9 Å². The van der Waals surface area contributed by atoms with Gasteiger partial charge < -0.3 is 9.64 Å². The maximum absolute atomic E-state index is 13.8. The van der Waals surface area contributed by atoms with Crippen molar-refractivity contribution in [2.24, 2.45) is 0 Å². The molecule has 0 spiro atoms. The smallest absolute Gasteiger partial charge is 0.301 e. The van der Waals surface area contributed by atoms with Crippen LogP contribution >= 0.6 is 0 Å². The first-order chi connectivity index (χ1) is 15.2. The van der Waals surface area contributed by atoms with Crippen LogP contribution in [0.1, 0.15) is 51.4 Å². The van der Waals surface area contributed by atoms with E-state index in [4.69, 9.17) is 4.74 Å². The van der Waals surface area contributed by atoms with Gasteiger partial charge in [0.1, 0.15) is 11.6 Å². The Balaban J connectivity index is 1.66. The van der Waals surface area contributed by atoms with Gasteiger partial charge in [-0.05, 0) is 64.3 Å². The van der Waals surface area contributed by atoms with Crippen molar-refractivity contribution in [3.63, 3.8) is 0 Å². The van der Waals surface area contributed by atoms with E-state index in [1.807, 2.05) is 6.08 Å². The summed E-state index contributed by atoms with van der Waals surface area (Å²) in [6.45, 7) is 6.47. The van der Waals surface area contributed by atoms with Crippen molar-refractivity contribution in [1.29, 1.82) is 0 Å². The van der Waals surface area contributed by atoms with E-state index in [1.165, 1.54) is 24.2 Å². The van der Waals surface area contributed by atoms with E-state index >= 15 is 0 Å². The lowest BCUT2D eigenvalue weighted by atomic mass is 9.93. The highest BCUT2D eigenvalue weighted by Gasteiger charge is 2.31. The lowest BCUT2D eigenvalue weighted by Crippen LogP contribution is -2.43. The molecule has 0 aromatic heterocycles. The zero-order valence-electron chi connectivity index (χ0n) is 19.2. The molecule has 32 heavy (non-hydrogen) atoms. The predicted molar refractivity (Wildman–Crippen MR) is 125 cm³/mol. The summed E-state index contributed by atoms with van der Waals surface area (Å²) in [5.41, 5.74) is -0.388. The van der Waals surface area contributed by atoms with Crippen LogP contribution in [0.15, 0.2) is 30.9 Å². The number of nitrogens with one attached hydrogen (secondary N) is 1. The van der Waals surface area contributed by atoms with Crippen molar-refractivity contribution in [3.8, 4) is 0 Å². The molecule has 182 valence electrons. The minimum absolute atomic E-state index is 0.148. The second kappa shape index (κ2) is 13.2. The molecule has 6 nitrogen and oxygen atoms in total. The number of benzene rings is 1. The summed E-state index contributed by atoms with van der Waals surface area (Å²) in [5.74, 6) is -1.52. The molecule has 1 saturated carbocycles. The van der Waals surface area contributed by atoms with Gasteiger partial charge >= 0.3 is 10.2 Å². The summed E-state index contributed by atoms with van der Waals surface area (Å²) in [6, 6.07) is 2.49. The highest BCUT2D eigenvalue weighted by atomic mass is 32.2. The van der Waals surface area contributed by atoms with Crippen molar-refractivity contribution >= 4 is 15.9 Å². The lowest BCUT2D eigenvalue weighted by molar-refractivity contribution is 0.0157. The molecule has 0 unspecified atom stereocenters. The van der Waals surface area contributed by atoms with Crippen LogP contribution in [0.25, 0.3) is 0 Å². The lowest BCUT2D eigenvalue weighted by Gasteiger charge is -2.34.